The van der Waals surface area contributed by atoms with Crippen molar-refractivity contribution in [2.75, 3.05) is 25.6 Å². The summed E-state index contributed by atoms with van der Waals surface area (Å²) in [5, 5.41) is 3.70. The number of hydrogen-bond donors (Lipinski definition) is 1. The number of methoxy groups -OCH3 is 1. The van der Waals surface area contributed by atoms with E-state index in [1.165, 1.54) is 7.11 Å². The van der Waals surface area contributed by atoms with Gasteiger partial charge in [0.15, 0.2) is 0 Å². The van der Waals surface area contributed by atoms with Crippen LogP contribution < -0.4 is 10.1 Å². The average molecular weight is 420 g/mol. The smallest absolute Gasteiger partial charge is 0.260 e. The van der Waals surface area contributed by atoms with Crippen molar-refractivity contribution in [3.8, 4) is 5.75 Å². The summed E-state index contributed by atoms with van der Waals surface area (Å²) < 4.78 is 12.7. The third-order valence-electron chi connectivity index (χ3n) is 4.80. The van der Waals surface area contributed by atoms with Crippen LogP contribution in [0.4, 0.5) is 5.69 Å². The number of hydrogen-bond acceptors (Lipinski definition) is 4. The van der Waals surface area contributed by atoms with Crippen molar-refractivity contribution in [2.45, 2.75) is 18.8 Å². The molecule has 0 unspecified atom stereocenters. The number of imidazole rings is 1. The first-order valence-electron chi connectivity index (χ1n) is 8.95. The van der Waals surface area contributed by atoms with Crippen LogP contribution in [0.1, 0.15) is 34.8 Å². The summed E-state index contributed by atoms with van der Waals surface area (Å²) in [6.07, 6.45) is 5.59. The summed E-state index contributed by atoms with van der Waals surface area (Å²) in [6, 6.07) is 6.64. The van der Waals surface area contributed by atoms with Crippen LogP contribution in [-0.2, 0) is 4.74 Å². The molecule has 0 aliphatic carbocycles. The van der Waals surface area contributed by atoms with Crippen molar-refractivity contribution in [1.82, 2.24) is 9.38 Å². The number of carbonyl (C=O) groups excluding carboxylic acids is 1. The fourth-order valence-electron chi connectivity index (χ4n) is 3.39. The van der Waals surface area contributed by atoms with Gasteiger partial charge in [0.1, 0.15) is 11.4 Å². The molecule has 0 bridgehead atoms. The molecule has 6 nitrogen and oxygen atoms in total. The largest absolute Gasteiger partial charge is 0.496 e. The number of aromatic nitrogens is 2. The Morgan fingerprint density at radius 3 is 2.57 bits per heavy atom. The molecule has 1 fully saturated rings. The van der Waals surface area contributed by atoms with Gasteiger partial charge in [0.2, 0.25) is 0 Å². The molecule has 3 heterocycles. The predicted octanol–water partition coefficient (Wildman–Crippen LogP) is 4.80. The van der Waals surface area contributed by atoms with Crippen LogP contribution in [-0.4, -0.2) is 35.6 Å². The Morgan fingerprint density at radius 2 is 1.89 bits per heavy atom. The standard InChI is InChI=1S/C20H19Cl2N3O3/c1-27-18-9-19-24-17(12-2-4-28-5-3-12)11-25(19)10-16(18)20(26)23-15-7-13(21)6-14(22)8-15/h6-12H,2-5H2,1H3,(H,23,26). The minimum Gasteiger partial charge on any atom is -0.496 e. The number of pyridine rings is 1. The molecule has 28 heavy (non-hydrogen) atoms. The van der Waals surface area contributed by atoms with E-state index < -0.39 is 0 Å². The van der Waals surface area contributed by atoms with Crippen LogP contribution in [0.5, 0.6) is 5.75 Å². The van der Waals surface area contributed by atoms with E-state index in [0.717, 1.165) is 37.4 Å². The number of carbonyl (C=O) groups is 1. The molecule has 0 radical (unpaired) electrons. The first kappa shape index (κ1) is 19.1. The summed E-state index contributed by atoms with van der Waals surface area (Å²) in [4.78, 5) is 17.6. The molecule has 1 aromatic carbocycles. The van der Waals surface area contributed by atoms with Gasteiger partial charge in [0.25, 0.3) is 5.91 Å². The van der Waals surface area contributed by atoms with Gasteiger partial charge in [-0.1, -0.05) is 23.2 Å². The zero-order valence-corrected chi connectivity index (χ0v) is 16.8. The number of ether oxygens (including phenoxy) is 2. The highest BCUT2D eigenvalue weighted by Crippen LogP contribution is 2.29. The molecule has 1 aliphatic rings. The van der Waals surface area contributed by atoms with Gasteiger partial charge in [-0.15, -0.1) is 0 Å². The summed E-state index contributed by atoms with van der Waals surface area (Å²) in [5.41, 5.74) is 2.64. The molecule has 1 N–H and O–H groups in total. The number of amides is 1. The summed E-state index contributed by atoms with van der Waals surface area (Å²) in [6.45, 7) is 1.50. The second-order valence-corrected chi connectivity index (χ2v) is 7.56. The van der Waals surface area contributed by atoms with E-state index in [1.807, 2.05) is 10.6 Å². The monoisotopic (exact) mass is 419 g/mol. The number of rotatable bonds is 4. The molecule has 146 valence electrons. The van der Waals surface area contributed by atoms with Crippen LogP contribution in [0.15, 0.2) is 36.7 Å². The van der Waals surface area contributed by atoms with Crippen LogP contribution in [0.3, 0.4) is 0 Å². The summed E-state index contributed by atoms with van der Waals surface area (Å²) in [7, 11) is 1.53. The van der Waals surface area contributed by atoms with Crippen LogP contribution in [0.25, 0.3) is 5.65 Å². The van der Waals surface area contributed by atoms with Crippen molar-refractivity contribution in [3.05, 3.63) is 58.0 Å². The number of fused-ring (bicyclic) bond motifs is 1. The molecule has 0 spiro atoms. The Hall–Kier alpha value is -2.28. The highest BCUT2D eigenvalue weighted by molar-refractivity contribution is 6.35. The van der Waals surface area contributed by atoms with E-state index in [-0.39, 0.29) is 5.91 Å². The summed E-state index contributed by atoms with van der Waals surface area (Å²) >= 11 is 12.0. The lowest BCUT2D eigenvalue weighted by Gasteiger charge is -2.19. The Bertz CT molecular complexity index is 1010. The SMILES string of the molecule is COc1cc2nc(C3CCOCC3)cn2cc1C(=O)Nc1cc(Cl)cc(Cl)c1. The normalized spacial score (nSPS) is 15.0. The first-order chi connectivity index (χ1) is 13.5. The third kappa shape index (κ3) is 3.94. The van der Waals surface area contributed by atoms with E-state index >= 15 is 0 Å². The molecular weight excluding hydrogens is 401 g/mol. The lowest BCUT2D eigenvalue weighted by Crippen LogP contribution is -2.14. The molecule has 8 heteroatoms. The van der Waals surface area contributed by atoms with Crippen molar-refractivity contribution < 1.29 is 14.3 Å². The van der Waals surface area contributed by atoms with Gasteiger partial charge in [-0.05, 0) is 31.0 Å². The molecule has 2 aromatic heterocycles. The number of benzene rings is 1. The quantitative estimate of drug-likeness (QED) is 0.659. The number of nitrogens with one attached hydrogen (secondary N) is 1. The van der Waals surface area contributed by atoms with Crippen LogP contribution in [0, 0.1) is 0 Å². The Labute approximate surface area is 172 Å². The van der Waals surface area contributed by atoms with E-state index in [4.69, 9.17) is 37.7 Å². The van der Waals surface area contributed by atoms with Crippen molar-refractivity contribution in [2.24, 2.45) is 0 Å². The second kappa shape index (κ2) is 7.99. The number of nitrogens with zero attached hydrogens (tertiary/aromatic N) is 2. The molecule has 1 saturated heterocycles. The van der Waals surface area contributed by atoms with E-state index in [0.29, 0.717) is 33.0 Å². The minimum atomic E-state index is -0.321. The average Bonchev–Trinajstić information content (AvgIpc) is 3.09. The Kier molecular flexibility index (Phi) is 5.44. The maximum absolute atomic E-state index is 12.8. The molecule has 0 atom stereocenters. The van der Waals surface area contributed by atoms with Gasteiger partial charge in [-0.25, -0.2) is 4.98 Å². The van der Waals surface area contributed by atoms with E-state index in [2.05, 4.69) is 5.32 Å². The fourth-order valence-corrected chi connectivity index (χ4v) is 3.92. The molecule has 1 amide bonds. The zero-order valence-electron chi connectivity index (χ0n) is 15.2. The molecule has 3 aromatic rings. The van der Waals surface area contributed by atoms with Crippen molar-refractivity contribution >= 4 is 40.4 Å². The lowest BCUT2D eigenvalue weighted by molar-refractivity contribution is 0.0846. The summed E-state index contributed by atoms with van der Waals surface area (Å²) in [5.74, 6) is 0.492. The van der Waals surface area contributed by atoms with Gasteiger partial charge in [0, 0.05) is 53.3 Å². The maximum atomic E-state index is 12.8. The first-order valence-corrected chi connectivity index (χ1v) is 9.71. The molecular formula is C20H19Cl2N3O3. The fraction of sp³-hybridized carbons (Fsp3) is 0.300. The maximum Gasteiger partial charge on any atom is 0.260 e. The molecule has 1 aliphatic heterocycles. The molecule has 0 saturated carbocycles. The zero-order chi connectivity index (χ0) is 19.7. The highest BCUT2D eigenvalue weighted by atomic mass is 35.5. The van der Waals surface area contributed by atoms with Crippen molar-refractivity contribution in [1.29, 1.82) is 0 Å². The van der Waals surface area contributed by atoms with Gasteiger partial charge in [-0.3, -0.25) is 4.79 Å². The minimum absolute atomic E-state index is 0.321. The van der Waals surface area contributed by atoms with Crippen LogP contribution in [0.2, 0.25) is 10.0 Å². The van der Waals surface area contributed by atoms with Gasteiger partial charge in [0.05, 0.1) is 18.4 Å². The van der Waals surface area contributed by atoms with Gasteiger partial charge >= 0.3 is 0 Å². The predicted molar refractivity (Wildman–Crippen MR) is 109 cm³/mol. The van der Waals surface area contributed by atoms with E-state index in [9.17, 15) is 4.79 Å². The second-order valence-electron chi connectivity index (χ2n) is 6.69. The van der Waals surface area contributed by atoms with Crippen molar-refractivity contribution in [3.63, 3.8) is 0 Å². The Balaban J connectivity index is 1.66. The Morgan fingerprint density at radius 1 is 1.18 bits per heavy atom. The topological polar surface area (TPSA) is 64.9 Å². The van der Waals surface area contributed by atoms with Gasteiger partial charge in [-0.2, -0.15) is 0 Å². The third-order valence-corrected chi connectivity index (χ3v) is 5.23. The lowest BCUT2D eigenvalue weighted by atomic mass is 9.97. The van der Waals surface area contributed by atoms with Crippen LogP contribution >= 0.6 is 23.2 Å². The highest BCUT2D eigenvalue weighted by Gasteiger charge is 2.21. The molecule has 4 rings (SSSR count). The number of halogens is 2. The number of anilines is 1. The van der Waals surface area contributed by atoms with E-state index in [1.54, 1.807) is 30.5 Å². The van der Waals surface area contributed by atoms with Gasteiger partial charge < -0.3 is 19.2 Å².